The molecule has 2 heterocycles. The summed E-state index contributed by atoms with van der Waals surface area (Å²) in [5.41, 5.74) is 4.00. The second-order valence-electron chi connectivity index (χ2n) is 9.19. The van der Waals surface area contributed by atoms with Gasteiger partial charge in [0.1, 0.15) is 5.52 Å². The number of aromatic nitrogens is 3. The van der Waals surface area contributed by atoms with E-state index in [1.165, 1.54) is 6.42 Å². The molecule has 7 heteroatoms. The molecule has 1 fully saturated rings. The Morgan fingerprint density at radius 3 is 2.60 bits per heavy atom. The monoisotopic (exact) mass is 466 g/mol. The molecule has 1 amide bonds. The number of hydrogen-bond acceptors (Lipinski definition) is 4. The van der Waals surface area contributed by atoms with Gasteiger partial charge in [-0.1, -0.05) is 37.5 Å². The molecule has 1 aliphatic carbocycles. The molecule has 35 heavy (non-hydrogen) atoms. The maximum atomic E-state index is 13.7. The minimum atomic E-state index is -0.279. The lowest BCUT2D eigenvalue weighted by Gasteiger charge is -2.26. The Hall–Kier alpha value is -4.13. The predicted molar refractivity (Wildman–Crippen MR) is 136 cm³/mol. The molecule has 0 radical (unpaired) electrons. The van der Waals surface area contributed by atoms with Gasteiger partial charge in [0, 0.05) is 24.2 Å². The van der Waals surface area contributed by atoms with Crippen LogP contribution in [0.3, 0.4) is 0 Å². The fourth-order valence-electron chi connectivity index (χ4n) is 5.19. The molecule has 3 aromatic carbocycles. The summed E-state index contributed by atoms with van der Waals surface area (Å²) in [6.07, 6.45) is 5.63. The van der Waals surface area contributed by atoms with Crippen LogP contribution in [0, 0.1) is 6.92 Å². The lowest BCUT2D eigenvalue weighted by Crippen LogP contribution is -2.25. The summed E-state index contributed by atoms with van der Waals surface area (Å²) in [6, 6.07) is 20.8. The van der Waals surface area contributed by atoms with Crippen LogP contribution in [-0.4, -0.2) is 20.3 Å². The highest BCUT2D eigenvalue weighted by atomic mass is 16.3. The van der Waals surface area contributed by atoms with Gasteiger partial charge in [-0.05, 0) is 55.3 Å². The molecule has 0 bridgehead atoms. The minimum Gasteiger partial charge on any atom is -0.441 e. The maximum Gasteiger partial charge on any atom is 0.279 e. The fraction of sp³-hybridized carbons (Fsp3) is 0.250. The molecular formula is C28H26N4O3. The number of benzene rings is 3. The Kier molecular flexibility index (Phi) is 5.25. The number of carbonyl (C=O) groups excluding carboxylic acids is 1. The summed E-state index contributed by atoms with van der Waals surface area (Å²) >= 11 is 0. The number of rotatable bonds is 4. The first kappa shape index (κ1) is 21.4. The standard InChI is InChI=1S/C28H26N4O3/c1-18-29-24-14-13-20(17-26(24)35-18)30-27(33)19-12-15-25-23(16-19)28(34)32(22-10-6-3-7-11-22)31(25)21-8-4-2-5-9-21/h3,6-7,10-17,21H,2,4-5,8-9H2,1H3,(H,30,33). The summed E-state index contributed by atoms with van der Waals surface area (Å²) in [7, 11) is 0. The third-order valence-electron chi connectivity index (χ3n) is 6.82. The molecule has 0 saturated heterocycles. The van der Waals surface area contributed by atoms with Crippen molar-refractivity contribution >= 4 is 33.6 Å². The molecule has 1 N–H and O–H groups in total. The zero-order valence-corrected chi connectivity index (χ0v) is 19.5. The van der Waals surface area contributed by atoms with Crippen LogP contribution in [0.15, 0.2) is 75.9 Å². The highest BCUT2D eigenvalue weighted by molar-refractivity contribution is 6.06. The maximum absolute atomic E-state index is 13.7. The molecule has 0 aliphatic heterocycles. The summed E-state index contributed by atoms with van der Waals surface area (Å²) in [6.45, 7) is 1.79. The van der Waals surface area contributed by atoms with Crippen LogP contribution < -0.4 is 10.9 Å². The van der Waals surface area contributed by atoms with Crippen molar-refractivity contribution in [3.63, 3.8) is 0 Å². The van der Waals surface area contributed by atoms with E-state index >= 15 is 0 Å². The van der Waals surface area contributed by atoms with Crippen molar-refractivity contribution in [1.82, 2.24) is 14.3 Å². The molecule has 176 valence electrons. The number of oxazole rings is 1. The third-order valence-corrected chi connectivity index (χ3v) is 6.82. The zero-order chi connectivity index (χ0) is 23.9. The highest BCUT2D eigenvalue weighted by Gasteiger charge is 2.24. The number of fused-ring (bicyclic) bond motifs is 2. The number of anilines is 1. The molecule has 0 atom stereocenters. The number of amides is 1. The highest BCUT2D eigenvalue weighted by Crippen LogP contribution is 2.32. The van der Waals surface area contributed by atoms with Crippen molar-refractivity contribution in [3.05, 3.63) is 88.5 Å². The number of para-hydroxylation sites is 1. The van der Waals surface area contributed by atoms with E-state index in [1.807, 2.05) is 42.5 Å². The van der Waals surface area contributed by atoms with Crippen LogP contribution in [0.2, 0.25) is 0 Å². The van der Waals surface area contributed by atoms with Crippen molar-refractivity contribution in [2.24, 2.45) is 0 Å². The average molecular weight is 467 g/mol. The van der Waals surface area contributed by atoms with Crippen LogP contribution in [0.25, 0.3) is 27.7 Å². The second kappa shape index (κ2) is 8.58. The van der Waals surface area contributed by atoms with Crippen LogP contribution in [0.1, 0.15) is 54.4 Å². The minimum absolute atomic E-state index is 0.107. The van der Waals surface area contributed by atoms with E-state index in [2.05, 4.69) is 15.0 Å². The number of aryl methyl sites for hydroxylation is 1. The average Bonchev–Trinajstić information content (AvgIpc) is 3.40. The van der Waals surface area contributed by atoms with Crippen LogP contribution in [0.5, 0.6) is 0 Å². The van der Waals surface area contributed by atoms with Crippen molar-refractivity contribution in [3.8, 4) is 5.69 Å². The van der Waals surface area contributed by atoms with E-state index in [0.29, 0.717) is 28.1 Å². The first-order chi connectivity index (χ1) is 17.1. The lowest BCUT2D eigenvalue weighted by atomic mass is 9.95. The van der Waals surface area contributed by atoms with Gasteiger partial charge in [-0.2, -0.15) is 0 Å². The van der Waals surface area contributed by atoms with Gasteiger partial charge >= 0.3 is 0 Å². The number of nitrogens with zero attached hydrogens (tertiary/aromatic N) is 3. The molecule has 5 aromatic rings. The molecule has 1 aliphatic rings. The number of hydrogen-bond donors (Lipinski definition) is 1. The van der Waals surface area contributed by atoms with Gasteiger partial charge in [-0.25, -0.2) is 9.67 Å². The van der Waals surface area contributed by atoms with E-state index in [-0.39, 0.29) is 17.5 Å². The van der Waals surface area contributed by atoms with Crippen LogP contribution in [0.4, 0.5) is 5.69 Å². The molecular weight excluding hydrogens is 440 g/mol. The van der Waals surface area contributed by atoms with Crippen LogP contribution in [-0.2, 0) is 0 Å². The second-order valence-corrected chi connectivity index (χ2v) is 9.19. The smallest absolute Gasteiger partial charge is 0.279 e. The van der Waals surface area contributed by atoms with E-state index in [4.69, 9.17) is 4.42 Å². The van der Waals surface area contributed by atoms with Crippen molar-refractivity contribution in [2.45, 2.75) is 45.1 Å². The summed E-state index contributed by atoms with van der Waals surface area (Å²) in [5, 5.41) is 3.47. The predicted octanol–water partition coefficient (Wildman–Crippen LogP) is 6.00. The molecule has 7 nitrogen and oxygen atoms in total. The van der Waals surface area contributed by atoms with Gasteiger partial charge in [0.2, 0.25) is 0 Å². The number of nitrogens with one attached hydrogen (secondary N) is 1. The first-order valence-corrected chi connectivity index (χ1v) is 12.1. The van der Waals surface area contributed by atoms with E-state index in [1.54, 1.807) is 35.9 Å². The van der Waals surface area contributed by atoms with Gasteiger partial charge in [-0.3, -0.25) is 14.3 Å². The Morgan fingerprint density at radius 1 is 1.00 bits per heavy atom. The van der Waals surface area contributed by atoms with E-state index < -0.39 is 0 Å². The van der Waals surface area contributed by atoms with Crippen molar-refractivity contribution in [2.75, 3.05) is 5.32 Å². The van der Waals surface area contributed by atoms with Gasteiger partial charge in [0.05, 0.1) is 22.6 Å². The molecule has 6 rings (SSSR count). The Balaban J connectivity index is 1.41. The van der Waals surface area contributed by atoms with E-state index in [0.717, 1.165) is 42.4 Å². The molecule has 0 unspecified atom stereocenters. The number of carbonyl (C=O) groups is 1. The Bertz CT molecular complexity index is 1600. The van der Waals surface area contributed by atoms with Gasteiger partial charge in [-0.15, -0.1) is 0 Å². The SMILES string of the molecule is Cc1nc2ccc(NC(=O)c3ccc4c(c3)c(=O)n(-c3ccccc3)n4C3CCCCC3)cc2o1. The van der Waals surface area contributed by atoms with Gasteiger partial charge < -0.3 is 9.73 Å². The van der Waals surface area contributed by atoms with Crippen molar-refractivity contribution < 1.29 is 9.21 Å². The largest absolute Gasteiger partial charge is 0.441 e. The van der Waals surface area contributed by atoms with E-state index in [9.17, 15) is 9.59 Å². The summed E-state index contributed by atoms with van der Waals surface area (Å²) in [4.78, 5) is 31.1. The molecule has 0 spiro atoms. The third kappa shape index (κ3) is 3.83. The van der Waals surface area contributed by atoms with Crippen molar-refractivity contribution in [1.29, 1.82) is 0 Å². The molecule has 2 aromatic heterocycles. The van der Waals surface area contributed by atoms with Gasteiger partial charge in [0.15, 0.2) is 11.5 Å². The van der Waals surface area contributed by atoms with Crippen LogP contribution >= 0.6 is 0 Å². The lowest BCUT2D eigenvalue weighted by molar-refractivity contribution is 0.102. The zero-order valence-electron chi connectivity index (χ0n) is 19.5. The molecule has 1 saturated carbocycles. The Morgan fingerprint density at radius 2 is 1.80 bits per heavy atom. The quantitative estimate of drug-likeness (QED) is 0.352. The topological polar surface area (TPSA) is 82.1 Å². The summed E-state index contributed by atoms with van der Waals surface area (Å²) < 4.78 is 9.50. The Labute approximate surface area is 202 Å². The summed E-state index contributed by atoms with van der Waals surface area (Å²) in [5.74, 6) is 0.296. The van der Waals surface area contributed by atoms with Gasteiger partial charge in [0.25, 0.3) is 11.5 Å². The fourth-order valence-corrected chi connectivity index (χ4v) is 5.19. The normalized spacial score (nSPS) is 14.5. The first-order valence-electron chi connectivity index (χ1n) is 12.1.